The fraction of sp³-hybridized carbons (Fsp3) is 0.0833. The molecule has 1 amide bonds. The molecule has 0 saturated carbocycles. The van der Waals surface area contributed by atoms with Crippen LogP contribution in [-0.2, 0) is 13.6 Å². The number of amides is 1. The van der Waals surface area contributed by atoms with Crippen LogP contribution in [0.5, 0.6) is 0 Å². The highest BCUT2D eigenvalue weighted by Crippen LogP contribution is 2.31. The maximum Gasteiger partial charge on any atom is 0.274 e. The summed E-state index contributed by atoms with van der Waals surface area (Å²) in [4.78, 5) is 42.7. The van der Waals surface area contributed by atoms with Crippen LogP contribution < -0.4 is 16.6 Å². The minimum absolute atomic E-state index is 0.0198. The zero-order chi connectivity index (χ0) is 23.7. The molecule has 10 heteroatoms. The molecule has 0 fully saturated rings. The van der Waals surface area contributed by atoms with Crippen molar-refractivity contribution in [3.8, 4) is 22.8 Å². The van der Waals surface area contributed by atoms with Crippen LogP contribution in [-0.4, -0.2) is 30.4 Å². The highest BCUT2D eigenvalue weighted by atomic mass is 16.3. The molecular formula is C24H19N7O3. The Bertz CT molecular complexity index is 1580. The fourth-order valence-corrected chi connectivity index (χ4v) is 3.58. The standard InChI is InChI=1S/C24H19N7O3/c1-31-10-3-5-16(24(31)33)13-28-22(32)20-21(25)30-19(23-27-9-11-34-23)18(29-20)15-6-7-17-14(12-15)4-2-8-26-17/h2-12H,13H2,1H3,(H2,25,30)(H,28,32). The average Bonchev–Trinajstić information content (AvgIpc) is 3.39. The molecule has 0 aliphatic heterocycles. The Morgan fingerprint density at radius 3 is 2.79 bits per heavy atom. The molecule has 34 heavy (non-hydrogen) atoms. The number of nitrogens with two attached hydrogens (primary N) is 1. The van der Waals surface area contributed by atoms with Gasteiger partial charge in [-0.05, 0) is 24.3 Å². The number of pyridine rings is 2. The highest BCUT2D eigenvalue weighted by Gasteiger charge is 2.22. The largest absolute Gasteiger partial charge is 0.443 e. The van der Waals surface area contributed by atoms with Gasteiger partial charge in [-0.25, -0.2) is 15.0 Å². The lowest BCUT2D eigenvalue weighted by Crippen LogP contribution is -2.30. The van der Waals surface area contributed by atoms with E-state index in [4.69, 9.17) is 10.2 Å². The second-order valence-corrected chi connectivity index (χ2v) is 7.53. The Labute approximate surface area is 193 Å². The predicted octanol–water partition coefficient (Wildman–Crippen LogP) is 2.56. The summed E-state index contributed by atoms with van der Waals surface area (Å²) in [7, 11) is 1.64. The van der Waals surface area contributed by atoms with E-state index in [9.17, 15) is 9.59 Å². The molecule has 1 aromatic carbocycles. The van der Waals surface area contributed by atoms with E-state index in [2.05, 4.69) is 25.3 Å². The van der Waals surface area contributed by atoms with Crippen LogP contribution in [0.2, 0.25) is 0 Å². The first-order valence-electron chi connectivity index (χ1n) is 10.4. The van der Waals surface area contributed by atoms with Crippen LogP contribution in [0.25, 0.3) is 33.7 Å². The molecule has 0 aliphatic rings. The number of hydrogen-bond donors (Lipinski definition) is 2. The van der Waals surface area contributed by atoms with Crippen molar-refractivity contribution < 1.29 is 9.21 Å². The van der Waals surface area contributed by atoms with Gasteiger partial charge in [0.2, 0.25) is 5.89 Å². The van der Waals surface area contributed by atoms with Gasteiger partial charge in [0.15, 0.2) is 17.2 Å². The molecule has 5 aromatic rings. The van der Waals surface area contributed by atoms with Gasteiger partial charge in [-0.2, -0.15) is 0 Å². The first-order chi connectivity index (χ1) is 16.5. The topological polar surface area (TPSA) is 142 Å². The smallest absolute Gasteiger partial charge is 0.274 e. The summed E-state index contributed by atoms with van der Waals surface area (Å²) in [5.41, 5.74) is 8.46. The molecule has 10 nitrogen and oxygen atoms in total. The molecule has 0 bridgehead atoms. The van der Waals surface area contributed by atoms with Crippen molar-refractivity contribution in [2.45, 2.75) is 6.54 Å². The molecule has 3 N–H and O–H groups in total. The van der Waals surface area contributed by atoms with Crippen molar-refractivity contribution in [3.63, 3.8) is 0 Å². The van der Waals surface area contributed by atoms with E-state index in [-0.39, 0.29) is 29.5 Å². The Morgan fingerprint density at radius 2 is 1.97 bits per heavy atom. The summed E-state index contributed by atoms with van der Waals surface area (Å²) in [6.45, 7) is 0.0198. The lowest BCUT2D eigenvalue weighted by Gasteiger charge is -2.12. The van der Waals surface area contributed by atoms with Crippen LogP contribution in [0.4, 0.5) is 5.82 Å². The van der Waals surface area contributed by atoms with E-state index < -0.39 is 5.91 Å². The van der Waals surface area contributed by atoms with Crippen molar-refractivity contribution in [2.75, 3.05) is 5.73 Å². The molecule has 0 aliphatic carbocycles. The summed E-state index contributed by atoms with van der Waals surface area (Å²) in [5.74, 6) is -0.420. The normalized spacial score (nSPS) is 11.0. The van der Waals surface area contributed by atoms with E-state index in [1.165, 1.54) is 17.0 Å². The first kappa shape index (κ1) is 21.0. The Morgan fingerprint density at radius 1 is 1.09 bits per heavy atom. The molecule has 4 aromatic heterocycles. The van der Waals surface area contributed by atoms with E-state index in [1.54, 1.807) is 31.6 Å². The Balaban J connectivity index is 1.56. The van der Waals surface area contributed by atoms with E-state index in [0.717, 1.165) is 10.9 Å². The molecule has 0 radical (unpaired) electrons. The van der Waals surface area contributed by atoms with E-state index >= 15 is 0 Å². The van der Waals surface area contributed by atoms with Gasteiger partial charge in [0.05, 0.1) is 11.7 Å². The molecule has 4 heterocycles. The van der Waals surface area contributed by atoms with Gasteiger partial charge in [0, 0.05) is 42.5 Å². The lowest BCUT2D eigenvalue weighted by atomic mass is 10.1. The number of fused-ring (bicyclic) bond motifs is 1. The molecule has 168 valence electrons. The number of nitrogen functional groups attached to an aromatic ring is 1. The summed E-state index contributed by atoms with van der Waals surface area (Å²) < 4.78 is 6.87. The van der Waals surface area contributed by atoms with Gasteiger partial charge in [-0.1, -0.05) is 18.2 Å². The van der Waals surface area contributed by atoms with Gasteiger partial charge < -0.3 is 20.0 Å². The van der Waals surface area contributed by atoms with Gasteiger partial charge in [-0.3, -0.25) is 14.6 Å². The Kier molecular flexibility index (Phi) is 5.30. The third-order valence-electron chi connectivity index (χ3n) is 5.29. The van der Waals surface area contributed by atoms with Gasteiger partial charge >= 0.3 is 0 Å². The van der Waals surface area contributed by atoms with Crippen LogP contribution in [0.1, 0.15) is 16.1 Å². The van der Waals surface area contributed by atoms with Crippen LogP contribution in [0.3, 0.4) is 0 Å². The van der Waals surface area contributed by atoms with Crippen molar-refractivity contribution in [1.82, 2.24) is 29.8 Å². The molecule has 0 spiro atoms. The number of oxazole rings is 1. The molecule has 0 unspecified atom stereocenters. The maximum atomic E-state index is 13.0. The first-order valence-corrected chi connectivity index (χ1v) is 10.4. The fourth-order valence-electron chi connectivity index (χ4n) is 3.58. The number of rotatable bonds is 5. The monoisotopic (exact) mass is 453 g/mol. The number of nitrogens with zero attached hydrogens (tertiary/aromatic N) is 5. The number of carbonyl (C=O) groups excluding carboxylic acids is 1. The molecular weight excluding hydrogens is 434 g/mol. The second-order valence-electron chi connectivity index (χ2n) is 7.53. The number of aryl methyl sites for hydroxylation is 1. The SMILES string of the molecule is Cn1cccc(CNC(=O)c2nc(-c3ccc4ncccc4c3)c(-c3ncco3)nc2N)c1=O. The summed E-state index contributed by atoms with van der Waals surface area (Å²) in [6, 6.07) is 12.7. The number of benzene rings is 1. The van der Waals surface area contributed by atoms with Crippen molar-refractivity contribution in [3.05, 3.63) is 88.9 Å². The predicted molar refractivity (Wildman–Crippen MR) is 126 cm³/mol. The van der Waals surface area contributed by atoms with E-state index in [1.807, 2.05) is 30.3 Å². The van der Waals surface area contributed by atoms with Crippen molar-refractivity contribution in [1.29, 1.82) is 0 Å². The highest BCUT2D eigenvalue weighted by molar-refractivity contribution is 5.98. The van der Waals surface area contributed by atoms with E-state index in [0.29, 0.717) is 22.5 Å². The van der Waals surface area contributed by atoms with Crippen molar-refractivity contribution >= 4 is 22.6 Å². The quantitative estimate of drug-likeness (QED) is 0.413. The van der Waals surface area contributed by atoms with Crippen molar-refractivity contribution in [2.24, 2.45) is 7.05 Å². The number of nitrogens with one attached hydrogen (secondary N) is 1. The number of aromatic nitrogens is 5. The van der Waals surface area contributed by atoms with Gasteiger partial charge in [0.1, 0.15) is 12.0 Å². The third kappa shape index (κ3) is 3.88. The Hall–Kier alpha value is -4.86. The molecule has 0 atom stereocenters. The number of anilines is 1. The zero-order valence-electron chi connectivity index (χ0n) is 18.1. The number of hydrogen-bond acceptors (Lipinski definition) is 8. The van der Waals surface area contributed by atoms with Crippen LogP contribution in [0.15, 0.2) is 76.5 Å². The zero-order valence-corrected chi connectivity index (χ0v) is 18.1. The average molecular weight is 453 g/mol. The number of carbonyl (C=O) groups is 1. The summed E-state index contributed by atoms with van der Waals surface area (Å²) >= 11 is 0. The maximum absolute atomic E-state index is 13.0. The summed E-state index contributed by atoms with van der Waals surface area (Å²) in [5, 5.41) is 3.59. The lowest BCUT2D eigenvalue weighted by molar-refractivity contribution is 0.0946. The molecule has 5 rings (SSSR count). The minimum Gasteiger partial charge on any atom is -0.443 e. The summed E-state index contributed by atoms with van der Waals surface area (Å²) in [6.07, 6.45) is 6.26. The van der Waals surface area contributed by atoms with Crippen LogP contribution in [0, 0.1) is 0 Å². The van der Waals surface area contributed by atoms with Gasteiger partial charge in [-0.15, -0.1) is 0 Å². The minimum atomic E-state index is -0.557. The van der Waals surface area contributed by atoms with Gasteiger partial charge in [0.25, 0.3) is 11.5 Å². The molecule has 0 saturated heterocycles. The second kappa shape index (κ2) is 8.58. The third-order valence-corrected chi connectivity index (χ3v) is 5.29. The van der Waals surface area contributed by atoms with Crippen LogP contribution >= 0.6 is 0 Å².